The quantitative estimate of drug-likeness (QED) is 0.798. The summed E-state index contributed by atoms with van der Waals surface area (Å²) >= 11 is 0. The molecule has 1 amide bonds. The van der Waals surface area contributed by atoms with Gasteiger partial charge in [0.25, 0.3) is 0 Å². The SMILES string of the molecule is Cc1ccccc1[C@H]1C[C@@H](C)N(C(C)C)C(=O)O1. The van der Waals surface area contributed by atoms with Crippen molar-refractivity contribution >= 4 is 6.09 Å². The second kappa shape index (κ2) is 5.01. The summed E-state index contributed by atoms with van der Waals surface area (Å²) in [5.74, 6) is 0. The third-order valence-corrected chi connectivity index (χ3v) is 3.58. The minimum absolute atomic E-state index is 0.108. The number of rotatable bonds is 2. The van der Waals surface area contributed by atoms with Gasteiger partial charge in [-0.15, -0.1) is 0 Å². The molecule has 3 nitrogen and oxygen atoms in total. The van der Waals surface area contributed by atoms with Crippen LogP contribution in [0.3, 0.4) is 0 Å². The average Bonchev–Trinajstić information content (AvgIpc) is 2.27. The monoisotopic (exact) mass is 247 g/mol. The van der Waals surface area contributed by atoms with E-state index in [1.807, 2.05) is 36.9 Å². The fraction of sp³-hybridized carbons (Fsp3) is 0.533. The minimum atomic E-state index is -0.197. The topological polar surface area (TPSA) is 29.5 Å². The van der Waals surface area contributed by atoms with Crippen LogP contribution in [-0.4, -0.2) is 23.1 Å². The Hall–Kier alpha value is -1.51. The molecule has 1 fully saturated rings. The molecule has 1 aliphatic heterocycles. The van der Waals surface area contributed by atoms with E-state index in [9.17, 15) is 4.79 Å². The first-order chi connectivity index (χ1) is 8.50. The van der Waals surface area contributed by atoms with Gasteiger partial charge in [-0.25, -0.2) is 4.79 Å². The number of carbonyl (C=O) groups is 1. The van der Waals surface area contributed by atoms with Gasteiger partial charge in [-0.3, -0.25) is 0 Å². The van der Waals surface area contributed by atoms with Gasteiger partial charge in [0.05, 0.1) is 0 Å². The van der Waals surface area contributed by atoms with Crippen molar-refractivity contribution in [3.8, 4) is 0 Å². The van der Waals surface area contributed by atoms with E-state index >= 15 is 0 Å². The minimum Gasteiger partial charge on any atom is -0.441 e. The fourth-order valence-electron chi connectivity index (χ4n) is 2.69. The van der Waals surface area contributed by atoms with Gasteiger partial charge in [-0.2, -0.15) is 0 Å². The Labute approximate surface area is 109 Å². The molecule has 1 aliphatic rings. The molecule has 3 heteroatoms. The fourth-order valence-corrected chi connectivity index (χ4v) is 2.69. The number of cyclic esters (lactones) is 1. The first-order valence-electron chi connectivity index (χ1n) is 6.55. The van der Waals surface area contributed by atoms with Crippen LogP contribution in [0.4, 0.5) is 4.79 Å². The van der Waals surface area contributed by atoms with Gasteiger partial charge in [-0.05, 0) is 38.8 Å². The Morgan fingerprint density at radius 1 is 1.33 bits per heavy atom. The molecule has 18 heavy (non-hydrogen) atoms. The van der Waals surface area contributed by atoms with Crippen LogP contribution in [-0.2, 0) is 4.74 Å². The molecular formula is C15H21NO2. The molecule has 1 aromatic carbocycles. The lowest BCUT2D eigenvalue weighted by molar-refractivity contribution is -0.00889. The standard InChI is InChI=1S/C15H21NO2/c1-10(2)16-12(4)9-14(18-15(16)17)13-8-6-5-7-11(13)3/h5-8,10,12,14H,9H2,1-4H3/t12-,14-/m1/s1. The number of carbonyl (C=O) groups excluding carboxylic acids is 1. The maximum Gasteiger partial charge on any atom is 0.410 e. The summed E-state index contributed by atoms with van der Waals surface area (Å²) < 4.78 is 5.58. The van der Waals surface area contributed by atoms with E-state index in [0.717, 1.165) is 12.0 Å². The maximum atomic E-state index is 12.0. The highest BCUT2D eigenvalue weighted by Gasteiger charge is 2.35. The van der Waals surface area contributed by atoms with Crippen molar-refractivity contribution in [1.29, 1.82) is 0 Å². The largest absolute Gasteiger partial charge is 0.441 e. The van der Waals surface area contributed by atoms with Crippen LogP contribution in [0, 0.1) is 6.92 Å². The smallest absolute Gasteiger partial charge is 0.410 e. The summed E-state index contributed by atoms with van der Waals surface area (Å²) in [5.41, 5.74) is 2.31. The highest BCUT2D eigenvalue weighted by Crippen LogP contribution is 2.32. The molecule has 1 heterocycles. The van der Waals surface area contributed by atoms with Gasteiger partial charge in [-0.1, -0.05) is 24.3 Å². The first-order valence-corrected chi connectivity index (χ1v) is 6.55. The van der Waals surface area contributed by atoms with Crippen molar-refractivity contribution < 1.29 is 9.53 Å². The first kappa shape index (κ1) is 12.9. The van der Waals surface area contributed by atoms with E-state index in [2.05, 4.69) is 19.9 Å². The molecular weight excluding hydrogens is 226 g/mol. The van der Waals surface area contributed by atoms with E-state index in [1.165, 1.54) is 5.56 Å². The number of hydrogen-bond donors (Lipinski definition) is 0. The zero-order chi connectivity index (χ0) is 13.3. The van der Waals surface area contributed by atoms with Crippen LogP contribution in [0.2, 0.25) is 0 Å². The van der Waals surface area contributed by atoms with Gasteiger partial charge in [0.15, 0.2) is 0 Å². The third-order valence-electron chi connectivity index (χ3n) is 3.58. The number of nitrogens with zero attached hydrogens (tertiary/aromatic N) is 1. The number of aryl methyl sites for hydroxylation is 1. The zero-order valence-corrected chi connectivity index (χ0v) is 11.5. The molecule has 0 saturated carbocycles. The normalized spacial score (nSPS) is 24.3. The third kappa shape index (κ3) is 2.35. The highest BCUT2D eigenvalue weighted by atomic mass is 16.6. The molecule has 0 radical (unpaired) electrons. The summed E-state index contributed by atoms with van der Waals surface area (Å²) in [6, 6.07) is 8.51. The number of ether oxygens (including phenoxy) is 1. The highest BCUT2D eigenvalue weighted by molar-refractivity contribution is 5.69. The van der Waals surface area contributed by atoms with Crippen LogP contribution in [0.5, 0.6) is 0 Å². The average molecular weight is 247 g/mol. The molecule has 0 unspecified atom stereocenters. The van der Waals surface area contributed by atoms with E-state index in [0.29, 0.717) is 0 Å². The summed E-state index contributed by atoms with van der Waals surface area (Å²) in [5, 5.41) is 0. The van der Waals surface area contributed by atoms with Crippen molar-refractivity contribution in [3.63, 3.8) is 0 Å². The van der Waals surface area contributed by atoms with E-state index < -0.39 is 0 Å². The second-order valence-corrected chi connectivity index (χ2v) is 5.31. The lowest BCUT2D eigenvalue weighted by Crippen LogP contribution is -2.48. The summed E-state index contributed by atoms with van der Waals surface area (Å²) in [6.07, 6.45) is 0.551. The zero-order valence-electron chi connectivity index (χ0n) is 11.5. The van der Waals surface area contributed by atoms with E-state index in [-0.39, 0.29) is 24.3 Å². The Balaban J connectivity index is 2.21. The van der Waals surface area contributed by atoms with Crippen molar-refractivity contribution in [2.24, 2.45) is 0 Å². The van der Waals surface area contributed by atoms with Gasteiger partial charge in [0.1, 0.15) is 6.10 Å². The Kier molecular flexibility index (Phi) is 3.60. The predicted molar refractivity (Wildman–Crippen MR) is 71.5 cm³/mol. The summed E-state index contributed by atoms with van der Waals surface area (Å²) in [7, 11) is 0. The van der Waals surface area contributed by atoms with Gasteiger partial charge >= 0.3 is 6.09 Å². The van der Waals surface area contributed by atoms with Crippen LogP contribution in [0.15, 0.2) is 24.3 Å². The van der Waals surface area contributed by atoms with Gasteiger partial charge in [0.2, 0.25) is 0 Å². The number of amides is 1. The van der Waals surface area contributed by atoms with Crippen molar-refractivity contribution in [3.05, 3.63) is 35.4 Å². The molecule has 98 valence electrons. The number of benzene rings is 1. The Morgan fingerprint density at radius 3 is 2.56 bits per heavy atom. The molecule has 1 saturated heterocycles. The van der Waals surface area contributed by atoms with Crippen LogP contribution in [0.1, 0.15) is 44.4 Å². The Morgan fingerprint density at radius 2 is 2.00 bits per heavy atom. The molecule has 0 aromatic heterocycles. The summed E-state index contributed by atoms with van der Waals surface area (Å²) in [4.78, 5) is 13.9. The molecule has 0 N–H and O–H groups in total. The molecule has 2 rings (SSSR count). The molecule has 2 atom stereocenters. The number of hydrogen-bond acceptors (Lipinski definition) is 2. The van der Waals surface area contributed by atoms with Crippen LogP contribution in [0.25, 0.3) is 0 Å². The summed E-state index contributed by atoms with van der Waals surface area (Å²) in [6.45, 7) is 8.19. The molecule has 0 spiro atoms. The van der Waals surface area contributed by atoms with Crippen molar-refractivity contribution in [2.75, 3.05) is 0 Å². The molecule has 1 aromatic rings. The lowest BCUT2D eigenvalue weighted by Gasteiger charge is -2.39. The molecule has 0 bridgehead atoms. The van der Waals surface area contributed by atoms with E-state index in [4.69, 9.17) is 4.74 Å². The maximum absolute atomic E-state index is 12.0. The van der Waals surface area contributed by atoms with Crippen molar-refractivity contribution in [1.82, 2.24) is 4.90 Å². The van der Waals surface area contributed by atoms with Gasteiger partial charge < -0.3 is 9.64 Å². The van der Waals surface area contributed by atoms with Crippen molar-refractivity contribution in [2.45, 2.75) is 52.3 Å². The molecule has 0 aliphatic carbocycles. The van der Waals surface area contributed by atoms with Crippen LogP contribution >= 0.6 is 0 Å². The van der Waals surface area contributed by atoms with Gasteiger partial charge in [0, 0.05) is 18.5 Å². The lowest BCUT2D eigenvalue weighted by atomic mass is 9.96. The Bertz CT molecular complexity index is 442. The predicted octanol–water partition coefficient (Wildman–Crippen LogP) is 3.68. The van der Waals surface area contributed by atoms with E-state index in [1.54, 1.807) is 0 Å². The van der Waals surface area contributed by atoms with Crippen LogP contribution < -0.4 is 0 Å². The second-order valence-electron chi connectivity index (χ2n) is 5.31.